The fourth-order valence-electron chi connectivity index (χ4n) is 3.13. The number of benzene rings is 1. The Bertz CT molecular complexity index is 770. The molecule has 4 N–H and O–H groups in total. The Morgan fingerprint density at radius 1 is 1.37 bits per heavy atom. The standard InChI is InChI=1S/C16H22N6O5/c1-9-18-19-20-22(9)8-12-14(17-16(24)25)15(23)21(12)7-10-4-5-11(26-2)6-13(10)27-3/h4-6,12,14,17,19-20H,7-8H2,1-3H3,(H,24,25)/t12-,14+/m1/s1. The number of rotatable bonds is 7. The van der Waals surface area contributed by atoms with E-state index in [1.165, 1.54) is 0 Å². The Balaban J connectivity index is 1.79. The van der Waals surface area contributed by atoms with Gasteiger partial charge in [-0.05, 0) is 19.1 Å². The van der Waals surface area contributed by atoms with Crippen molar-refractivity contribution in [3.63, 3.8) is 0 Å². The van der Waals surface area contributed by atoms with Gasteiger partial charge in [-0.25, -0.2) is 10.3 Å². The summed E-state index contributed by atoms with van der Waals surface area (Å²) in [6, 6.07) is 4.15. The number of hydrogen-bond acceptors (Lipinski definition) is 8. The number of carbonyl (C=O) groups is 2. The molecule has 2 heterocycles. The van der Waals surface area contributed by atoms with Crippen LogP contribution in [-0.2, 0) is 11.3 Å². The molecule has 11 nitrogen and oxygen atoms in total. The minimum absolute atomic E-state index is 0.284. The van der Waals surface area contributed by atoms with Crippen LogP contribution in [0.25, 0.3) is 0 Å². The van der Waals surface area contributed by atoms with Crippen LogP contribution in [0.3, 0.4) is 0 Å². The van der Waals surface area contributed by atoms with Crippen LogP contribution in [0.2, 0.25) is 0 Å². The van der Waals surface area contributed by atoms with E-state index in [-0.39, 0.29) is 18.5 Å². The Hall–Kier alpha value is -3.21. The summed E-state index contributed by atoms with van der Waals surface area (Å²) in [5, 5.41) is 17.0. The molecule has 1 aromatic rings. The summed E-state index contributed by atoms with van der Waals surface area (Å²) in [6.45, 7) is 2.44. The van der Waals surface area contributed by atoms with Gasteiger partial charge in [-0.1, -0.05) is 0 Å². The first-order chi connectivity index (χ1) is 12.9. The zero-order valence-corrected chi connectivity index (χ0v) is 15.2. The second-order valence-electron chi connectivity index (χ2n) is 6.13. The number of ether oxygens (including phenoxy) is 2. The highest BCUT2D eigenvalue weighted by Gasteiger charge is 2.49. The molecule has 2 amide bonds. The minimum atomic E-state index is -1.24. The molecule has 11 heteroatoms. The van der Waals surface area contributed by atoms with Gasteiger partial charge in [-0.15, -0.1) is 10.6 Å². The molecule has 0 spiro atoms. The van der Waals surface area contributed by atoms with E-state index in [0.29, 0.717) is 23.9 Å². The summed E-state index contributed by atoms with van der Waals surface area (Å²) in [5.74, 6) is 1.63. The topological polar surface area (TPSA) is 128 Å². The molecule has 3 rings (SSSR count). The molecule has 2 aliphatic heterocycles. The highest BCUT2D eigenvalue weighted by atomic mass is 16.5. The number of carboxylic acid groups (broad SMARTS) is 1. The number of β-lactam (4-membered cyclic amide) rings is 1. The third-order valence-corrected chi connectivity index (χ3v) is 4.61. The van der Waals surface area contributed by atoms with E-state index < -0.39 is 12.1 Å². The number of nitrogens with zero attached hydrogens (tertiary/aromatic N) is 3. The van der Waals surface area contributed by atoms with Gasteiger partial charge < -0.3 is 24.8 Å². The summed E-state index contributed by atoms with van der Waals surface area (Å²) >= 11 is 0. The predicted molar refractivity (Wildman–Crippen MR) is 94.9 cm³/mol. The number of nitrogens with one attached hydrogen (secondary N) is 3. The fourth-order valence-corrected chi connectivity index (χ4v) is 3.13. The van der Waals surface area contributed by atoms with Crippen molar-refractivity contribution in [1.82, 2.24) is 26.3 Å². The van der Waals surface area contributed by atoms with Crippen molar-refractivity contribution in [2.75, 3.05) is 20.8 Å². The van der Waals surface area contributed by atoms with Crippen LogP contribution < -0.4 is 25.9 Å². The molecule has 1 aromatic carbocycles. The molecule has 27 heavy (non-hydrogen) atoms. The third kappa shape index (κ3) is 3.67. The SMILES string of the molecule is COc1ccc(CN2C(=O)[C@@H](NC(=O)O)[C@H]2CN2NNN=C2C)c(OC)c1. The van der Waals surface area contributed by atoms with E-state index in [4.69, 9.17) is 14.6 Å². The van der Waals surface area contributed by atoms with Crippen molar-refractivity contribution in [2.45, 2.75) is 25.6 Å². The quantitative estimate of drug-likeness (QED) is 0.477. The largest absolute Gasteiger partial charge is 0.497 e. The maximum Gasteiger partial charge on any atom is 0.405 e. The molecular weight excluding hydrogens is 356 g/mol. The lowest BCUT2D eigenvalue weighted by atomic mass is 9.93. The van der Waals surface area contributed by atoms with Gasteiger partial charge in [0.1, 0.15) is 23.4 Å². The van der Waals surface area contributed by atoms with Crippen LogP contribution in [0.5, 0.6) is 11.5 Å². The van der Waals surface area contributed by atoms with Gasteiger partial charge >= 0.3 is 6.09 Å². The second kappa shape index (κ2) is 7.58. The van der Waals surface area contributed by atoms with Gasteiger partial charge in [-0.3, -0.25) is 9.80 Å². The zero-order valence-electron chi connectivity index (χ0n) is 15.2. The Kier molecular flexibility index (Phi) is 5.21. The average molecular weight is 378 g/mol. The number of hydrazine groups is 2. The number of hydrogen-bond donors (Lipinski definition) is 4. The van der Waals surface area contributed by atoms with Crippen LogP contribution in [0.15, 0.2) is 23.3 Å². The van der Waals surface area contributed by atoms with Crippen LogP contribution in [0.1, 0.15) is 12.5 Å². The third-order valence-electron chi connectivity index (χ3n) is 4.61. The number of amides is 2. The summed E-state index contributed by atoms with van der Waals surface area (Å²) in [6.07, 6.45) is -1.24. The molecule has 0 unspecified atom stereocenters. The van der Waals surface area contributed by atoms with Crippen molar-refractivity contribution in [1.29, 1.82) is 0 Å². The van der Waals surface area contributed by atoms with Crippen LogP contribution >= 0.6 is 0 Å². The first kappa shape index (κ1) is 18.6. The Labute approximate surface area is 155 Å². The van der Waals surface area contributed by atoms with E-state index in [0.717, 1.165) is 5.56 Å². The number of methoxy groups -OCH3 is 2. The lowest BCUT2D eigenvalue weighted by Gasteiger charge is -2.48. The second-order valence-corrected chi connectivity index (χ2v) is 6.13. The normalized spacial score (nSPS) is 21.3. The minimum Gasteiger partial charge on any atom is -0.497 e. The van der Waals surface area contributed by atoms with Crippen molar-refractivity contribution in [3.05, 3.63) is 23.8 Å². The molecule has 146 valence electrons. The van der Waals surface area contributed by atoms with Crippen molar-refractivity contribution >= 4 is 17.8 Å². The molecule has 1 fully saturated rings. The number of carbonyl (C=O) groups excluding carboxylic acids is 1. The first-order valence-corrected chi connectivity index (χ1v) is 8.28. The molecule has 0 bridgehead atoms. The van der Waals surface area contributed by atoms with E-state index in [1.54, 1.807) is 43.2 Å². The highest BCUT2D eigenvalue weighted by Crippen LogP contribution is 2.30. The fraction of sp³-hybridized carbons (Fsp3) is 0.438. The zero-order chi connectivity index (χ0) is 19.6. The van der Waals surface area contributed by atoms with Gasteiger partial charge in [0.2, 0.25) is 5.91 Å². The highest BCUT2D eigenvalue weighted by molar-refractivity contribution is 5.92. The van der Waals surface area contributed by atoms with E-state index in [2.05, 4.69) is 21.5 Å². The van der Waals surface area contributed by atoms with Crippen molar-refractivity contribution < 1.29 is 24.2 Å². The lowest BCUT2D eigenvalue weighted by molar-refractivity contribution is -0.152. The van der Waals surface area contributed by atoms with Crippen molar-refractivity contribution in [3.8, 4) is 11.5 Å². The van der Waals surface area contributed by atoms with Gasteiger partial charge in [-0.2, -0.15) is 0 Å². The maximum atomic E-state index is 12.5. The number of hydrazone groups is 1. The summed E-state index contributed by atoms with van der Waals surface area (Å²) < 4.78 is 10.6. The molecule has 1 saturated heterocycles. The molecular formula is C16H22N6O5. The number of amidine groups is 1. The molecule has 2 aliphatic rings. The van der Waals surface area contributed by atoms with E-state index in [1.807, 2.05) is 6.07 Å². The molecule has 0 radical (unpaired) electrons. The number of likely N-dealkylation sites (tertiary alicyclic amines) is 1. The average Bonchev–Trinajstić information content (AvgIpc) is 3.07. The van der Waals surface area contributed by atoms with Crippen molar-refractivity contribution in [2.24, 2.45) is 5.10 Å². The predicted octanol–water partition coefficient (Wildman–Crippen LogP) is -0.291. The van der Waals surface area contributed by atoms with Gasteiger partial charge in [0, 0.05) is 18.2 Å². The Morgan fingerprint density at radius 2 is 2.15 bits per heavy atom. The van der Waals surface area contributed by atoms with Crippen LogP contribution in [0, 0.1) is 0 Å². The van der Waals surface area contributed by atoms with Crippen LogP contribution in [-0.4, -0.2) is 65.7 Å². The molecule has 0 aromatic heterocycles. The van der Waals surface area contributed by atoms with Crippen LogP contribution in [0.4, 0.5) is 4.79 Å². The smallest absolute Gasteiger partial charge is 0.405 e. The first-order valence-electron chi connectivity index (χ1n) is 8.28. The summed E-state index contributed by atoms with van der Waals surface area (Å²) in [4.78, 5) is 25.2. The van der Waals surface area contributed by atoms with Gasteiger partial charge in [0.15, 0.2) is 0 Å². The molecule has 0 aliphatic carbocycles. The van der Waals surface area contributed by atoms with E-state index >= 15 is 0 Å². The van der Waals surface area contributed by atoms with Gasteiger partial charge in [0.25, 0.3) is 0 Å². The molecule has 0 saturated carbocycles. The summed E-state index contributed by atoms with van der Waals surface area (Å²) in [7, 11) is 3.11. The Morgan fingerprint density at radius 3 is 2.74 bits per heavy atom. The van der Waals surface area contributed by atoms with Gasteiger partial charge in [0.05, 0.1) is 26.8 Å². The summed E-state index contributed by atoms with van der Waals surface area (Å²) in [5.41, 5.74) is 6.26. The maximum absolute atomic E-state index is 12.5. The van der Waals surface area contributed by atoms with E-state index in [9.17, 15) is 9.59 Å². The monoisotopic (exact) mass is 378 g/mol. The lowest BCUT2D eigenvalue weighted by Crippen LogP contribution is -2.73. The molecule has 2 atom stereocenters.